The summed E-state index contributed by atoms with van der Waals surface area (Å²) in [5.41, 5.74) is 1.95. The molecule has 3 aromatic heterocycles. The van der Waals surface area contributed by atoms with Gasteiger partial charge in [0.1, 0.15) is 12.1 Å². The number of aromatic amines is 1. The first-order chi connectivity index (χ1) is 15.3. The highest BCUT2D eigenvalue weighted by molar-refractivity contribution is 7.90. The minimum absolute atomic E-state index is 0.0674. The van der Waals surface area contributed by atoms with E-state index in [9.17, 15) is 13.2 Å². The number of nitrogens with zero attached hydrogens (tertiary/aromatic N) is 5. The molecule has 0 bridgehead atoms. The highest BCUT2D eigenvalue weighted by Gasteiger charge is 2.29. The molecule has 1 aliphatic heterocycles. The molecule has 0 radical (unpaired) electrons. The van der Waals surface area contributed by atoms with Gasteiger partial charge in [-0.1, -0.05) is 6.92 Å². The molecule has 2 N–H and O–H groups in total. The van der Waals surface area contributed by atoms with E-state index in [-0.39, 0.29) is 35.1 Å². The zero-order valence-electron chi connectivity index (χ0n) is 17.7. The van der Waals surface area contributed by atoms with Crippen molar-refractivity contribution in [1.29, 1.82) is 5.26 Å². The predicted octanol–water partition coefficient (Wildman–Crippen LogP) is 1.99. The van der Waals surface area contributed by atoms with Crippen LogP contribution in [0.25, 0.3) is 22.4 Å². The number of anilines is 1. The van der Waals surface area contributed by atoms with Crippen molar-refractivity contribution >= 4 is 32.5 Å². The van der Waals surface area contributed by atoms with Gasteiger partial charge in [-0.15, -0.1) is 0 Å². The largest absolute Gasteiger partial charge is 0.379 e. The van der Waals surface area contributed by atoms with E-state index in [1.54, 1.807) is 17.3 Å². The van der Waals surface area contributed by atoms with Crippen LogP contribution in [-0.2, 0) is 14.6 Å². The molecule has 32 heavy (non-hydrogen) atoms. The molecule has 0 aliphatic carbocycles. The number of pyridine rings is 1. The Labute approximate surface area is 185 Å². The Bertz CT molecular complexity index is 1310. The summed E-state index contributed by atoms with van der Waals surface area (Å²) in [6.45, 7) is 3.14. The van der Waals surface area contributed by atoms with E-state index < -0.39 is 9.84 Å². The van der Waals surface area contributed by atoms with E-state index >= 15 is 0 Å². The molecule has 0 aromatic carbocycles. The first kappa shape index (κ1) is 21.7. The Morgan fingerprint density at radius 3 is 2.91 bits per heavy atom. The average Bonchev–Trinajstić information content (AvgIpc) is 3.22. The van der Waals surface area contributed by atoms with Gasteiger partial charge in [0, 0.05) is 49.4 Å². The molecule has 0 saturated carbocycles. The van der Waals surface area contributed by atoms with Crippen molar-refractivity contribution in [3.8, 4) is 17.5 Å². The van der Waals surface area contributed by atoms with Crippen LogP contribution in [0.15, 0.2) is 35.7 Å². The number of H-pyrrole nitrogens is 1. The second kappa shape index (κ2) is 8.55. The number of piperidine rings is 1. The molecule has 2 atom stereocenters. The third-order valence-electron chi connectivity index (χ3n) is 5.43. The van der Waals surface area contributed by atoms with Crippen molar-refractivity contribution in [2.45, 2.75) is 30.8 Å². The normalized spacial score (nSPS) is 19.0. The number of carbonyl (C=O) groups excluding carboxylic acids is 1. The second-order valence-corrected chi connectivity index (χ2v) is 10.1. The number of hydrogen-bond acceptors (Lipinski definition) is 8. The van der Waals surface area contributed by atoms with E-state index in [4.69, 9.17) is 5.26 Å². The number of aromatic nitrogens is 4. The maximum atomic E-state index is 12.3. The van der Waals surface area contributed by atoms with E-state index in [1.165, 1.54) is 12.3 Å². The number of nitriles is 1. The maximum Gasteiger partial charge on any atom is 0.236 e. The van der Waals surface area contributed by atoms with Crippen LogP contribution in [0, 0.1) is 17.2 Å². The number of hydrogen-bond donors (Lipinski definition) is 2. The molecule has 11 heteroatoms. The molecule has 1 saturated heterocycles. The minimum atomic E-state index is -3.50. The smallest absolute Gasteiger partial charge is 0.236 e. The SMILES string of the molecule is C[C@H]1C[C@@H](Nc2c(-c3nccc(S(C)(=O)=O)n3)cnc3[nH]ccc23)CN(C(=O)CC#N)C1. The van der Waals surface area contributed by atoms with Gasteiger partial charge in [0.15, 0.2) is 20.7 Å². The number of likely N-dealkylation sites (tertiary alicyclic amines) is 1. The maximum absolute atomic E-state index is 12.3. The van der Waals surface area contributed by atoms with Crippen LogP contribution in [0.3, 0.4) is 0 Å². The van der Waals surface area contributed by atoms with Crippen molar-refractivity contribution in [3.63, 3.8) is 0 Å². The average molecular weight is 454 g/mol. The van der Waals surface area contributed by atoms with Crippen molar-refractivity contribution in [2.24, 2.45) is 5.92 Å². The van der Waals surface area contributed by atoms with Crippen LogP contribution < -0.4 is 5.32 Å². The highest BCUT2D eigenvalue weighted by atomic mass is 32.2. The molecule has 1 aliphatic rings. The molecule has 3 aromatic rings. The lowest BCUT2D eigenvalue weighted by molar-refractivity contribution is -0.132. The fourth-order valence-electron chi connectivity index (χ4n) is 4.05. The van der Waals surface area contributed by atoms with Gasteiger partial charge < -0.3 is 15.2 Å². The third kappa shape index (κ3) is 4.40. The summed E-state index contributed by atoms with van der Waals surface area (Å²) in [6, 6.07) is 5.08. The zero-order valence-corrected chi connectivity index (χ0v) is 18.6. The predicted molar refractivity (Wildman–Crippen MR) is 118 cm³/mol. The fraction of sp³-hybridized carbons (Fsp3) is 0.381. The summed E-state index contributed by atoms with van der Waals surface area (Å²) in [7, 11) is -3.50. The number of rotatable bonds is 5. The van der Waals surface area contributed by atoms with Crippen LogP contribution in [-0.4, -0.2) is 64.5 Å². The molecule has 1 amide bonds. The molecule has 1 fully saturated rings. The van der Waals surface area contributed by atoms with Crippen LogP contribution >= 0.6 is 0 Å². The first-order valence-electron chi connectivity index (χ1n) is 10.2. The molecule has 0 spiro atoms. The number of amides is 1. The van der Waals surface area contributed by atoms with Crippen LogP contribution in [0.1, 0.15) is 19.8 Å². The molecule has 4 heterocycles. The molecule has 166 valence electrons. The first-order valence-corrected chi connectivity index (χ1v) is 12.1. The minimum Gasteiger partial charge on any atom is -0.379 e. The van der Waals surface area contributed by atoms with Gasteiger partial charge in [-0.05, 0) is 24.5 Å². The number of carbonyl (C=O) groups is 1. The van der Waals surface area contributed by atoms with E-state index in [1.807, 2.05) is 12.1 Å². The number of nitrogens with one attached hydrogen (secondary N) is 2. The fourth-order valence-corrected chi connectivity index (χ4v) is 4.62. The zero-order chi connectivity index (χ0) is 22.9. The highest BCUT2D eigenvalue weighted by Crippen LogP contribution is 2.33. The lowest BCUT2D eigenvalue weighted by atomic mass is 9.95. The molecular weight excluding hydrogens is 430 g/mol. The van der Waals surface area contributed by atoms with Crippen molar-refractivity contribution in [1.82, 2.24) is 24.8 Å². The number of fused-ring (bicyclic) bond motifs is 1. The summed E-state index contributed by atoms with van der Waals surface area (Å²) in [6.07, 6.45) is 6.57. The molecule has 10 nitrogen and oxygen atoms in total. The quantitative estimate of drug-likeness (QED) is 0.558. The van der Waals surface area contributed by atoms with Gasteiger partial charge in [0.05, 0.1) is 17.3 Å². The van der Waals surface area contributed by atoms with Gasteiger partial charge in [-0.25, -0.2) is 23.4 Å². The van der Waals surface area contributed by atoms with Crippen LogP contribution in [0.2, 0.25) is 0 Å². The summed E-state index contributed by atoms with van der Waals surface area (Å²) in [5, 5.41) is 13.2. The van der Waals surface area contributed by atoms with E-state index in [2.05, 4.69) is 32.2 Å². The lowest BCUT2D eigenvalue weighted by Crippen LogP contribution is -2.48. The van der Waals surface area contributed by atoms with Crippen LogP contribution in [0.4, 0.5) is 5.69 Å². The molecule has 0 unspecified atom stereocenters. The van der Waals surface area contributed by atoms with Gasteiger partial charge in [-0.3, -0.25) is 4.79 Å². The molecular formula is C21H23N7O3S. The van der Waals surface area contributed by atoms with Crippen LogP contribution in [0.5, 0.6) is 0 Å². The summed E-state index contributed by atoms with van der Waals surface area (Å²) in [4.78, 5) is 30.1. The monoisotopic (exact) mass is 453 g/mol. The Morgan fingerprint density at radius 2 is 2.16 bits per heavy atom. The van der Waals surface area contributed by atoms with Gasteiger partial charge in [0.2, 0.25) is 5.91 Å². The Kier molecular flexibility index (Phi) is 5.80. The van der Waals surface area contributed by atoms with Gasteiger partial charge >= 0.3 is 0 Å². The molecule has 4 rings (SSSR count). The van der Waals surface area contributed by atoms with E-state index in [0.29, 0.717) is 30.0 Å². The Balaban J connectivity index is 1.74. The topological polar surface area (TPSA) is 145 Å². The van der Waals surface area contributed by atoms with Gasteiger partial charge in [0.25, 0.3) is 0 Å². The Hall–Kier alpha value is -3.52. The van der Waals surface area contributed by atoms with Gasteiger partial charge in [-0.2, -0.15) is 5.26 Å². The van der Waals surface area contributed by atoms with Crippen molar-refractivity contribution in [2.75, 3.05) is 24.7 Å². The van der Waals surface area contributed by atoms with Crippen molar-refractivity contribution < 1.29 is 13.2 Å². The second-order valence-electron chi connectivity index (χ2n) is 8.09. The van der Waals surface area contributed by atoms with Crippen molar-refractivity contribution in [3.05, 3.63) is 30.7 Å². The third-order valence-corrected chi connectivity index (χ3v) is 6.42. The lowest BCUT2D eigenvalue weighted by Gasteiger charge is -2.37. The summed E-state index contributed by atoms with van der Waals surface area (Å²) < 4.78 is 24.0. The Morgan fingerprint density at radius 1 is 1.34 bits per heavy atom. The summed E-state index contributed by atoms with van der Waals surface area (Å²) in [5.74, 6) is 0.310. The standard InChI is InChI=1S/C21H23N7O3S/c1-13-9-14(12-28(11-13)18(29)3-6-22)26-19-15-4-7-23-20(15)25-10-16(19)21-24-8-5-17(27-21)32(2,30)31/h4-5,7-8,10,13-14H,3,9,11-12H2,1-2H3,(H2,23,25,26)/t13-,14+/m0/s1. The van der Waals surface area contributed by atoms with E-state index in [0.717, 1.165) is 18.1 Å². The number of sulfone groups is 1. The summed E-state index contributed by atoms with van der Waals surface area (Å²) >= 11 is 0.